The van der Waals surface area contributed by atoms with Crippen molar-refractivity contribution in [2.24, 2.45) is 0 Å². The van der Waals surface area contributed by atoms with Crippen LogP contribution in [0.1, 0.15) is 0 Å². The van der Waals surface area contributed by atoms with Crippen LogP contribution in [0.25, 0.3) is 65.0 Å². The van der Waals surface area contributed by atoms with Crippen molar-refractivity contribution in [1.82, 2.24) is 0 Å². The summed E-state index contributed by atoms with van der Waals surface area (Å²) in [6, 6.07) is 41.4. The van der Waals surface area contributed by atoms with Crippen molar-refractivity contribution >= 4 is 67.2 Å². The molecule has 0 saturated carbocycles. The second-order valence-corrected chi connectivity index (χ2v) is 8.73. The fraction of sp³-hybridized carbons (Fsp3) is 0. The van der Waals surface area contributed by atoms with Gasteiger partial charge in [0.25, 0.3) is 0 Å². The van der Waals surface area contributed by atoms with Crippen LogP contribution >= 0.6 is 0 Å². The third kappa shape index (κ3) is 2.60. The standard InChI is InChI=1S/C32H19B/c33-32-28-15-7-5-13-26(28)31(27-14-6-8-16-29(27)32)20-17-18-25-23-11-2-1-9-21(23)22-10-3-4-12-24(22)30(25)19-20/h1-19H. The molecule has 33 heavy (non-hydrogen) atoms. The van der Waals surface area contributed by atoms with Gasteiger partial charge in [0.2, 0.25) is 0 Å². The van der Waals surface area contributed by atoms with Crippen LogP contribution in [0.3, 0.4) is 0 Å². The lowest BCUT2D eigenvalue weighted by Gasteiger charge is -2.17. The third-order valence-electron chi connectivity index (χ3n) is 7.01. The van der Waals surface area contributed by atoms with Crippen molar-refractivity contribution in [1.29, 1.82) is 0 Å². The topological polar surface area (TPSA) is 0 Å². The number of rotatable bonds is 1. The summed E-state index contributed by atoms with van der Waals surface area (Å²) >= 11 is 0. The maximum Gasteiger partial charge on any atom is 0.115 e. The zero-order chi connectivity index (χ0) is 21.9. The molecule has 0 N–H and O–H groups in total. The molecule has 0 unspecified atom stereocenters. The summed E-state index contributed by atoms with van der Waals surface area (Å²) in [5, 5.41) is 12.4. The van der Waals surface area contributed by atoms with Gasteiger partial charge in [-0.2, -0.15) is 0 Å². The van der Waals surface area contributed by atoms with Crippen molar-refractivity contribution in [3.05, 3.63) is 115 Å². The highest BCUT2D eigenvalue weighted by Gasteiger charge is 2.14. The van der Waals surface area contributed by atoms with E-state index in [-0.39, 0.29) is 0 Å². The van der Waals surface area contributed by atoms with Crippen molar-refractivity contribution in [3.8, 4) is 11.1 Å². The molecule has 150 valence electrons. The molecule has 0 fully saturated rings. The van der Waals surface area contributed by atoms with Crippen molar-refractivity contribution in [3.63, 3.8) is 0 Å². The van der Waals surface area contributed by atoms with Gasteiger partial charge in [-0.3, -0.25) is 0 Å². The van der Waals surface area contributed by atoms with E-state index in [2.05, 4.69) is 115 Å². The Hall–Kier alpha value is -4.10. The number of fused-ring (bicyclic) bond motifs is 8. The van der Waals surface area contributed by atoms with Gasteiger partial charge in [0.1, 0.15) is 7.85 Å². The summed E-state index contributed by atoms with van der Waals surface area (Å²) in [5.41, 5.74) is 3.31. The van der Waals surface area contributed by atoms with E-state index >= 15 is 0 Å². The SMILES string of the molecule is [B]c1c2ccccc2c(-c2ccc3c4ccccc4c4ccccc4c3c2)c2ccccc12. The van der Waals surface area contributed by atoms with E-state index in [1.807, 2.05) is 0 Å². The molecular formula is C32H19B. The first-order valence-electron chi connectivity index (χ1n) is 11.3. The number of hydrogen-bond acceptors (Lipinski definition) is 0. The molecule has 0 amide bonds. The molecule has 0 aliphatic carbocycles. The second-order valence-electron chi connectivity index (χ2n) is 8.73. The van der Waals surface area contributed by atoms with E-state index in [4.69, 9.17) is 7.85 Å². The lowest BCUT2D eigenvalue weighted by molar-refractivity contribution is 1.72. The first kappa shape index (κ1) is 18.5. The summed E-state index contributed by atoms with van der Waals surface area (Å²) in [4.78, 5) is 0. The summed E-state index contributed by atoms with van der Waals surface area (Å²) < 4.78 is 0. The third-order valence-corrected chi connectivity index (χ3v) is 7.01. The smallest absolute Gasteiger partial charge is 0.0812 e. The molecule has 7 rings (SSSR count). The Bertz CT molecular complexity index is 1790. The fourth-order valence-corrected chi connectivity index (χ4v) is 5.54. The molecule has 1 heteroatoms. The first-order chi connectivity index (χ1) is 16.3. The fourth-order valence-electron chi connectivity index (χ4n) is 5.54. The van der Waals surface area contributed by atoms with Crippen LogP contribution in [-0.4, -0.2) is 7.85 Å². The lowest BCUT2D eigenvalue weighted by Crippen LogP contribution is -2.07. The van der Waals surface area contributed by atoms with Gasteiger partial charge in [-0.25, -0.2) is 0 Å². The van der Waals surface area contributed by atoms with Crippen molar-refractivity contribution in [2.45, 2.75) is 0 Å². The van der Waals surface area contributed by atoms with Gasteiger partial charge in [-0.05, 0) is 71.1 Å². The Morgan fingerprint density at radius 1 is 0.333 bits per heavy atom. The van der Waals surface area contributed by atoms with Crippen LogP contribution in [0.15, 0.2) is 115 Å². The Balaban J connectivity index is 1.68. The van der Waals surface area contributed by atoms with E-state index in [0.717, 1.165) is 16.2 Å². The average Bonchev–Trinajstić information content (AvgIpc) is 2.89. The molecule has 0 bridgehead atoms. The largest absolute Gasteiger partial charge is 0.115 e. The Morgan fingerprint density at radius 2 is 0.697 bits per heavy atom. The van der Waals surface area contributed by atoms with Gasteiger partial charge in [0.15, 0.2) is 0 Å². The van der Waals surface area contributed by atoms with E-state index in [0.29, 0.717) is 0 Å². The van der Waals surface area contributed by atoms with Crippen LogP contribution in [0.5, 0.6) is 0 Å². The number of benzene rings is 7. The zero-order valence-corrected chi connectivity index (χ0v) is 18.0. The van der Waals surface area contributed by atoms with Crippen LogP contribution < -0.4 is 5.46 Å². The van der Waals surface area contributed by atoms with Crippen LogP contribution in [0.4, 0.5) is 0 Å². The maximum atomic E-state index is 6.63. The molecule has 0 nitrogen and oxygen atoms in total. The van der Waals surface area contributed by atoms with Gasteiger partial charge in [0.05, 0.1) is 0 Å². The van der Waals surface area contributed by atoms with Gasteiger partial charge in [-0.1, -0.05) is 115 Å². The van der Waals surface area contributed by atoms with E-state index in [1.165, 1.54) is 54.2 Å². The minimum atomic E-state index is 0.849. The van der Waals surface area contributed by atoms with E-state index < -0.39 is 0 Å². The minimum Gasteiger partial charge on any atom is -0.0812 e. The molecule has 7 aromatic carbocycles. The minimum absolute atomic E-state index is 0.849. The van der Waals surface area contributed by atoms with Crippen LogP contribution in [0.2, 0.25) is 0 Å². The maximum absolute atomic E-state index is 6.63. The molecule has 0 aliphatic heterocycles. The normalized spacial score (nSPS) is 11.8. The average molecular weight is 414 g/mol. The molecule has 2 radical (unpaired) electrons. The first-order valence-corrected chi connectivity index (χ1v) is 11.3. The van der Waals surface area contributed by atoms with Crippen molar-refractivity contribution < 1.29 is 0 Å². The highest BCUT2D eigenvalue weighted by molar-refractivity contribution is 6.47. The molecule has 0 spiro atoms. The quantitative estimate of drug-likeness (QED) is 0.145. The number of hydrogen-bond donors (Lipinski definition) is 0. The Morgan fingerprint density at radius 3 is 1.18 bits per heavy atom. The molecule has 0 atom stereocenters. The van der Waals surface area contributed by atoms with E-state index in [1.54, 1.807) is 0 Å². The van der Waals surface area contributed by atoms with Crippen LogP contribution in [0, 0.1) is 0 Å². The Labute approximate surface area is 193 Å². The molecule has 0 aromatic heterocycles. The molecule has 0 heterocycles. The van der Waals surface area contributed by atoms with Crippen molar-refractivity contribution in [2.75, 3.05) is 0 Å². The molecule has 0 saturated heterocycles. The summed E-state index contributed by atoms with van der Waals surface area (Å²) in [6.07, 6.45) is 0. The van der Waals surface area contributed by atoms with Gasteiger partial charge in [-0.15, -0.1) is 0 Å². The monoisotopic (exact) mass is 414 g/mol. The zero-order valence-electron chi connectivity index (χ0n) is 18.0. The molecular weight excluding hydrogens is 395 g/mol. The lowest BCUT2D eigenvalue weighted by atomic mass is 9.80. The summed E-state index contributed by atoms with van der Waals surface area (Å²) in [5.74, 6) is 0. The predicted octanol–water partition coefficient (Wildman–Crippen LogP) is 7.91. The molecule has 7 aromatic rings. The van der Waals surface area contributed by atoms with E-state index in [9.17, 15) is 0 Å². The van der Waals surface area contributed by atoms with Gasteiger partial charge in [0, 0.05) is 0 Å². The second kappa shape index (κ2) is 6.95. The highest BCUT2D eigenvalue weighted by Crippen LogP contribution is 2.40. The Kier molecular flexibility index (Phi) is 3.89. The van der Waals surface area contributed by atoms with Crippen LogP contribution in [-0.2, 0) is 0 Å². The van der Waals surface area contributed by atoms with Gasteiger partial charge < -0.3 is 0 Å². The van der Waals surface area contributed by atoms with Gasteiger partial charge >= 0.3 is 0 Å². The highest BCUT2D eigenvalue weighted by atomic mass is 14.2. The predicted molar refractivity (Wildman–Crippen MR) is 145 cm³/mol. The molecule has 0 aliphatic rings. The summed E-state index contributed by atoms with van der Waals surface area (Å²) in [6.45, 7) is 0. The summed E-state index contributed by atoms with van der Waals surface area (Å²) in [7, 11) is 6.63.